The van der Waals surface area contributed by atoms with Gasteiger partial charge in [0.2, 0.25) is 5.91 Å². The Bertz CT molecular complexity index is 774. The monoisotopic (exact) mass is 365 g/mol. The Balaban J connectivity index is 1.65. The number of carbonyl (C=O) groups is 2. The summed E-state index contributed by atoms with van der Waals surface area (Å²) < 4.78 is 5.42. The van der Waals surface area contributed by atoms with E-state index in [1.807, 2.05) is 11.4 Å². The van der Waals surface area contributed by atoms with Crippen LogP contribution in [0.4, 0.5) is 0 Å². The van der Waals surface area contributed by atoms with Crippen LogP contribution in [0.5, 0.6) is 5.75 Å². The van der Waals surface area contributed by atoms with Crippen LogP contribution in [0.3, 0.4) is 0 Å². The van der Waals surface area contributed by atoms with Gasteiger partial charge >= 0.3 is 5.97 Å². The Morgan fingerprint density at radius 1 is 1.38 bits per heavy atom. The third kappa shape index (κ3) is 3.88. The molecule has 126 valence electrons. The first-order valence-corrected chi connectivity index (χ1v) is 8.79. The lowest BCUT2D eigenvalue weighted by Crippen LogP contribution is -2.33. The predicted molar refractivity (Wildman–Crippen MR) is 91.8 cm³/mol. The molecule has 1 unspecified atom stereocenters. The topological polar surface area (TPSA) is 75.6 Å². The van der Waals surface area contributed by atoms with Crippen LogP contribution in [0, 0.1) is 0 Å². The molecule has 0 spiro atoms. The molecule has 0 saturated heterocycles. The van der Waals surface area contributed by atoms with Crippen molar-refractivity contribution in [2.45, 2.75) is 25.3 Å². The van der Waals surface area contributed by atoms with E-state index in [0.717, 1.165) is 22.6 Å². The van der Waals surface area contributed by atoms with E-state index in [4.69, 9.17) is 16.3 Å². The minimum Gasteiger partial charge on any atom is -0.493 e. The molecule has 0 fully saturated rings. The van der Waals surface area contributed by atoms with Gasteiger partial charge in [0.05, 0.1) is 11.6 Å². The highest BCUT2D eigenvalue weighted by Crippen LogP contribution is 2.28. The lowest BCUT2D eigenvalue weighted by atomic mass is 10.0. The van der Waals surface area contributed by atoms with Crippen LogP contribution in [0.1, 0.15) is 28.5 Å². The number of carboxylic acid groups (broad SMARTS) is 1. The Labute approximate surface area is 148 Å². The predicted octanol–water partition coefficient (Wildman–Crippen LogP) is 3.21. The Morgan fingerprint density at radius 3 is 2.92 bits per heavy atom. The lowest BCUT2D eigenvalue weighted by Gasteiger charge is -2.15. The fourth-order valence-electron chi connectivity index (χ4n) is 2.63. The van der Waals surface area contributed by atoms with E-state index in [0.29, 0.717) is 23.6 Å². The lowest BCUT2D eigenvalue weighted by molar-refractivity contribution is -0.142. The molecular weight excluding hydrogens is 350 g/mol. The fourth-order valence-corrected chi connectivity index (χ4v) is 3.71. The zero-order valence-electron chi connectivity index (χ0n) is 12.8. The molecule has 1 aromatic heterocycles. The number of hydrogen-bond acceptors (Lipinski definition) is 4. The number of hydrogen-bond donors (Lipinski definition) is 2. The molecule has 24 heavy (non-hydrogen) atoms. The van der Waals surface area contributed by atoms with Crippen molar-refractivity contribution in [2.75, 3.05) is 6.61 Å². The fraction of sp³-hybridized carbons (Fsp3) is 0.294. The minimum atomic E-state index is -1.08. The molecule has 1 atom stereocenters. The van der Waals surface area contributed by atoms with Crippen LogP contribution in [0.25, 0.3) is 0 Å². The van der Waals surface area contributed by atoms with Crippen LogP contribution >= 0.6 is 22.9 Å². The largest absolute Gasteiger partial charge is 0.493 e. The SMILES string of the molecule is O=C(CCc1cc(Cl)cs1)NC(C(=O)O)c1ccc2c(c1)CCO2. The van der Waals surface area contributed by atoms with Crippen molar-refractivity contribution in [2.24, 2.45) is 0 Å². The summed E-state index contributed by atoms with van der Waals surface area (Å²) in [7, 11) is 0. The molecule has 1 aliphatic heterocycles. The molecule has 2 heterocycles. The van der Waals surface area contributed by atoms with Gasteiger partial charge in [-0.15, -0.1) is 11.3 Å². The maximum atomic E-state index is 12.1. The van der Waals surface area contributed by atoms with Gasteiger partial charge in [-0.2, -0.15) is 0 Å². The number of aryl methyl sites for hydroxylation is 1. The van der Waals surface area contributed by atoms with Gasteiger partial charge in [0.25, 0.3) is 0 Å². The maximum absolute atomic E-state index is 12.1. The van der Waals surface area contributed by atoms with E-state index in [1.54, 1.807) is 18.2 Å². The molecule has 0 aliphatic carbocycles. The number of amides is 1. The highest BCUT2D eigenvalue weighted by atomic mass is 35.5. The van der Waals surface area contributed by atoms with Crippen molar-refractivity contribution in [1.29, 1.82) is 0 Å². The van der Waals surface area contributed by atoms with Crippen LogP contribution in [0.2, 0.25) is 5.02 Å². The first-order valence-electron chi connectivity index (χ1n) is 7.53. The third-order valence-electron chi connectivity index (χ3n) is 3.82. The van der Waals surface area contributed by atoms with Gasteiger partial charge in [-0.05, 0) is 35.7 Å². The average molecular weight is 366 g/mol. The molecule has 0 saturated carbocycles. The van der Waals surface area contributed by atoms with Crippen LogP contribution < -0.4 is 10.1 Å². The molecule has 2 aromatic rings. The standard InChI is InChI=1S/C17H16ClNO4S/c18-12-8-13(24-9-12)2-4-15(20)19-16(17(21)22)11-1-3-14-10(7-11)5-6-23-14/h1,3,7-9,16H,2,4-6H2,(H,19,20)(H,21,22). The summed E-state index contributed by atoms with van der Waals surface area (Å²) >= 11 is 7.33. The molecule has 5 nitrogen and oxygen atoms in total. The number of thiophene rings is 1. The normalized spacial score (nSPS) is 13.9. The van der Waals surface area contributed by atoms with E-state index in [9.17, 15) is 14.7 Å². The van der Waals surface area contributed by atoms with Crippen molar-refractivity contribution >= 4 is 34.8 Å². The van der Waals surface area contributed by atoms with E-state index in [2.05, 4.69) is 5.32 Å². The molecular formula is C17H16ClNO4S. The van der Waals surface area contributed by atoms with Crippen LogP contribution in [-0.2, 0) is 22.4 Å². The highest BCUT2D eigenvalue weighted by molar-refractivity contribution is 7.10. The summed E-state index contributed by atoms with van der Waals surface area (Å²) in [5.74, 6) is -0.603. The minimum absolute atomic E-state index is 0.217. The van der Waals surface area contributed by atoms with Gasteiger partial charge in [-0.1, -0.05) is 17.7 Å². The summed E-state index contributed by atoms with van der Waals surface area (Å²) in [5, 5.41) is 14.5. The average Bonchev–Trinajstić information content (AvgIpc) is 3.18. The zero-order chi connectivity index (χ0) is 17.1. The molecule has 1 aromatic carbocycles. The molecule has 0 bridgehead atoms. The van der Waals surface area contributed by atoms with Crippen LogP contribution in [0.15, 0.2) is 29.6 Å². The zero-order valence-corrected chi connectivity index (χ0v) is 14.3. The van der Waals surface area contributed by atoms with E-state index in [-0.39, 0.29) is 12.3 Å². The number of rotatable bonds is 6. The second-order valence-electron chi connectivity index (χ2n) is 5.54. The van der Waals surface area contributed by atoms with Crippen molar-refractivity contribution < 1.29 is 19.4 Å². The molecule has 7 heteroatoms. The molecule has 3 rings (SSSR count). The summed E-state index contributed by atoms with van der Waals surface area (Å²) in [6.45, 7) is 0.603. The van der Waals surface area contributed by atoms with E-state index in [1.165, 1.54) is 11.3 Å². The second-order valence-corrected chi connectivity index (χ2v) is 6.97. The number of benzene rings is 1. The smallest absolute Gasteiger partial charge is 0.330 e. The van der Waals surface area contributed by atoms with Gasteiger partial charge in [0.15, 0.2) is 6.04 Å². The van der Waals surface area contributed by atoms with Crippen LogP contribution in [-0.4, -0.2) is 23.6 Å². The van der Waals surface area contributed by atoms with Gasteiger partial charge < -0.3 is 15.2 Å². The summed E-state index contributed by atoms with van der Waals surface area (Å²) in [6.07, 6.45) is 1.50. The quantitative estimate of drug-likeness (QED) is 0.824. The Morgan fingerprint density at radius 2 is 2.21 bits per heavy atom. The Kier molecular flexibility index (Phi) is 5.06. The first-order chi connectivity index (χ1) is 11.5. The number of nitrogens with one attached hydrogen (secondary N) is 1. The number of halogens is 1. The summed E-state index contributed by atoms with van der Waals surface area (Å²) in [4.78, 5) is 24.7. The first kappa shape index (κ1) is 16.8. The number of aliphatic carboxylic acids is 1. The number of fused-ring (bicyclic) bond motifs is 1. The number of carboxylic acids is 1. The van der Waals surface area contributed by atoms with Gasteiger partial charge in [-0.25, -0.2) is 4.79 Å². The second kappa shape index (κ2) is 7.23. The molecule has 1 aliphatic rings. The van der Waals surface area contributed by atoms with Crippen molar-refractivity contribution in [3.63, 3.8) is 0 Å². The van der Waals surface area contributed by atoms with Gasteiger partial charge in [0, 0.05) is 23.1 Å². The van der Waals surface area contributed by atoms with Gasteiger partial charge in [-0.3, -0.25) is 4.79 Å². The van der Waals surface area contributed by atoms with Crippen molar-refractivity contribution in [3.05, 3.63) is 50.7 Å². The third-order valence-corrected chi connectivity index (χ3v) is 5.16. The summed E-state index contributed by atoms with van der Waals surface area (Å²) in [6, 6.07) is 5.99. The maximum Gasteiger partial charge on any atom is 0.330 e. The number of ether oxygens (including phenoxy) is 1. The van der Waals surface area contributed by atoms with Gasteiger partial charge in [0.1, 0.15) is 5.75 Å². The highest BCUT2D eigenvalue weighted by Gasteiger charge is 2.24. The van der Waals surface area contributed by atoms with Crippen molar-refractivity contribution in [3.8, 4) is 5.75 Å². The molecule has 0 radical (unpaired) electrons. The number of carbonyl (C=O) groups excluding carboxylic acids is 1. The van der Waals surface area contributed by atoms with E-state index >= 15 is 0 Å². The van der Waals surface area contributed by atoms with E-state index < -0.39 is 12.0 Å². The molecule has 2 N–H and O–H groups in total. The summed E-state index contributed by atoms with van der Waals surface area (Å²) in [5.41, 5.74) is 1.53. The van der Waals surface area contributed by atoms with Crippen molar-refractivity contribution in [1.82, 2.24) is 5.32 Å². The molecule has 1 amide bonds. The Hall–Kier alpha value is -2.05.